The molecule has 11 nitrogen and oxygen atoms in total. The Balaban J connectivity index is 1.38. The lowest BCUT2D eigenvalue weighted by atomic mass is 9.97. The van der Waals surface area contributed by atoms with Gasteiger partial charge in [-0.1, -0.05) is 11.6 Å². The topological polar surface area (TPSA) is 115 Å². The van der Waals surface area contributed by atoms with Crippen LogP contribution in [0.25, 0.3) is 5.65 Å². The fourth-order valence-electron chi connectivity index (χ4n) is 5.67. The van der Waals surface area contributed by atoms with Crippen LogP contribution < -0.4 is 20.1 Å². The van der Waals surface area contributed by atoms with Crippen molar-refractivity contribution in [3.05, 3.63) is 47.2 Å². The third-order valence-electron chi connectivity index (χ3n) is 7.79. The predicted octanol–water partition coefficient (Wildman–Crippen LogP) is 3.09. The summed E-state index contributed by atoms with van der Waals surface area (Å²) in [4.78, 5) is 23.1. The number of aromatic nitrogens is 3. The number of benzene rings is 1. The van der Waals surface area contributed by atoms with Gasteiger partial charge in [-0.3, -0.25) is 14.5 Å². The molecule has 3 aliphatic heterocycles. The second-order valence-electron chi connectivity index (χ2n) is 10.9. The zero-order valence-corrected chi connectivity index (χ0v) is 23.4. The van der Waals surface area contributed by atoms with E-state index in [2.05, 4.69) is 26.1 Å². The Morgan fingerprint density at radius 3 is 2.56 bits per heavy atom. The van der Waals surface area contributed by atoms with Crippen LogP contribution >= 0.6 is 0 Å². The summed E-state index contributed by atoms with van der Waals surface area (Å²) in [6.45, 7) is 6.29. The summed E-state index contributed by atoms with van der Waals surface area (Å²) in [6, 6.07) is 9.12. The van der Waals surface area contributed by atoms with E-state index in [0.717, 1.165) is 93.1 Å². The Labute approximate surface area is 229 Å². The van der Waals surface area contributed by atoms with Crippen LogP contribution in [0.15, 0.2) is 30.3 Å². The number of carbonyl (C=O) groups is 1. The Kier molecular flexibility index (Phi) is 6.84. The Hall–Kier alpha value is -3.38. The van der Waals surface area contributed by atoms with Gasteiger partial charge in [-0.15, -0.1) is 0 Å². The van der Waals surface area contributed by atoms with E-state index in [4.69, 9.17) is 10.1 Å². The van der Waals surface area contributed by atoms with Gasteiger partial charge < -0.3 is 9.80 Å². The molecule has 39 heavy (non-hydrogen) atoms. The number of likely N-dealkylation sites (tertiary alicyclic amines) is 1. The van der Waals surface area contributed by atoms with E-state index < -0.39 is 10.0 Å². The van der Waals surface area contributed by atoms with E-state index in [0.29, 0.717) is 17.8 Å². The summed E-state index contributed by atoms with van der Waals surface area (Å²) >= 11 is 0. The maximum atomic E-state index is 14.0. The number of hydrazine groups is 1. The fraction of sp³-hybridized carbons (Fsp3) is 0.519. The van der Waals surface area contributed by atoms with Crippen molar-refractivity contribution >= 4 is 38.9 Å². The van der Waals surface area contributed by atoms with Gasteiger partial charge in [0.05, 0.1) is 29.2 Å². The molecule has 3 aliphatic rings. The molecule has 1 atom stereocenters. The maximum Gasteiger partial charge on any atom is 0.256 e. The molecular weight excluding hydrogens is 516 g/mol. The molecule has 6 rings (SSSR count). The lowest BCUT2D eigenvalue weighted by Crippen LogP contribution is -2.45. The standard InChI is InChI=1S/C27H36N8O3S/c1-19-9-10-21(31-39(2,37)38)20(16-19)27(36)33-14-5-3-8-23(33)22-17-25-29-24(32-12-7-13-32)18-26(35(25)30-22)34-15-6-4-11-28-34/h9-10,16-18,23,28,31H,3-8,11-15H2,1-2H3/t23-/m0/s1. The molecule has 0 aliphatic carbocycles. The van der Waals surface area contributed by atoms with Crippen LogP contribution in [0.4, 0.5) is 17.3 Å². The van der Waals surface area contributed by atoms with Crippen molar-refractivity contribution in [1.82, 2.24) is 24.9 Å². The van der Waals surface area contributed by atoms with Crippen molar-refractivity contribution in [2.45, 2.75) is 51.5 Å². The minimum absolute atomic E-state index is 0.196. The smallest absolute Gasteiger partial charge is 0.256 e. The van der Waals surface area contributed by atoms with E-state index in [1.165, 1.54) is 6.42 Å². The molecule has 0 bridgehead atoms. The van der Waals surface area contributed by atoms with Crippen LogP contribution in [0.1, 0.15) is 66.2 Å². The number of nitrogens with zero attached hydrogens (tertiary/aromatic N) is 6. The van der Waals surface area contributed by atoms with Gasteiger partial charge in [0.2, 0.25) is 10.0 Å². The summed E-state index contributed by atoms with van der Waals surface area (Å²) < 4.78 is 28.5. The van der Waals surface area contributed by atoms with Crippen molar-refractivity contribution in [2.75, 3.05) is 53.6 Å². The van der Waals surface area contributed by atoms with Crippen molar-refractivity contribution in [2.24, 2.45) is 0 Å². The normalized spacial score (nSPS) is 20.3. The van der Waals surface area contributed by atoms with Crippen molar-refractivity contribution in [1.29, 1.82) is 0 Å². The lowest BCUT2D eigenvalue weighted by molar-refractivity contribution is 0.0606. The molecule has 1 amide bonds. The van der Waals surface area contributed by atoms with Crippen LogP contribution in [0.3, 0.4) is 0 Å². The molecule has 0 saturated carbocycles. The van der Waals surface area contributed by atoms with Crippen LogP contribution in [0, 0.1) is 6.92 Å². The number of hydrogen-bond acceptors (Lipinski definition) is 8. The Morgan fingerprint density at radius 2 is 1.85 bits per heavy atom. The third-order valence-corrected chi connectivity index (χ3v) is 8.38. The summed E-state index contributed by atoms with van der Waals surface area (Å²) in [7, 11) is -3.54. The second-order valence-corrected chi connectivity index (χ2v) is 12.6. The first kappa shape index (κ1) is 25.9. The number of aryl methyl sites for hydroxylation is 1. The van der Waals surface area contributed by atoms with Gasteiger partial charge in [0.1, 0.15) is 11.6 Å². The third kappa shape index (κ3) is 5.27. The van der Waals surface area contributed by atoms with E-state index in [-0.39, 0.29) is 11.9 Å². The largest absolute Gasteiger partial charge is 0.356 e. The quantitative estimate of drug-likeness (QED) is 0.480. The highest BCUT2D eigenvalue weighted by atomic mass is 32.2. The SMILES string of the molecule is Cc1ccc(NS(C)(=O)=O)c(C(=O)N2CCCC[C@H]2c2cc3nc(N4CCC4)cc(N4CCCCN4)n3n2)c1. The van der Waals surface area contributed by atoms with Crippen molar-refractivity contribution in [3.63, 3.8) is 0 Å². The first-order valence-electron chi connectivity index (χ1n) is 13.8. The van der Waals surface area contributed by atoms with Gasteiger partial charge in [0.25, 0.3) is 5.91 Å². The molecule has 0 spiro atoms. The summed E-state index contributed by atoms with van der Waals surface area (Å²) in [5, 5.41) is 7.19. The molecule has 208 valence electrons. The first-order valence-corrected chi connectivity index (χ1v) is 15.7. The predicted molar refractivity (Wildman–Crippen MR) is 152 cm³/mol. The van der Waals surface area contributed by atoms with Gasteiger partial charge in [-0.05, 0) is 57.6 Å². The minimum atomic E-state index is -3.54. The molecule has 0 radical (unpaired) electrons. The van der Waals surface area contributed by atoms with Crippen LogP contribution in [-0.4, -0.2) is 72.8 Å². The number of rotatable bonds is 6. The molecular formula is C27H36N8O3S. The summed E-state index contributed by atoms with van der Waals surface area (Å²) in [5.41, 5.74) is 6.62. The minimum Gasteiger partial charge on any atom is -0.356 e. The van der Waals surface area contributed by atoms with Crippen LogP contribution in [0.5, 0.6) is 0 Å². The monoisotopic (exact) mass is 552 g/mol. The number of nitrogens with one attached hydrogen (secondary N) is 2. The second kappa shape index (κ2) is 10.3. The Bertz CT molecular complexity index is 1490. The van der Waals surface area contributed by atoms with Crippen molar-refractivity contribution < 1.29 is 13.2 Å². The molecule has 5 heterocycles. The molecule has 3 aromatic rings. The lowest BCUT2D eigenvalue weighted by Gasteiger charge is -2.35. The number of carbonyl (C=O) groups excluding carboxylic acids is 1. The van der Waals surface area contributed by atoms with Gasteiger partial charge >= 0.3 is 0 Å². The summed E-state index contributed by atoms with van der Waals surface area (Å²) in [5.74, 6) is 1.72. The molecule has 3 saturated heterocycles. The fourth-order valence-corrected chi connectivity index (χ4v) is 6.25. The van der Waals surface area contributed by atoms with Gasteiger partial charge in [-0.2, -0.15) is 9.61 Å². The molecule has 2 N–H and O–H groups in total. The highest BCUT2D eigenvalue weighted by molar-refractivity contribution is 7.92. The summed E-state index contributed by atoms with van der Waals surface area (Å²) in [6.07, 6.45) is 7.17. The number of sulfonamides is 1. The number of fused-ring (bicyclic) bond motifs is 1. The number of piperidine rings is 1. The first-order chi connectivity index (χ1) is 18.8. The average molecular weight is 553 g/mol. The van der Waals surface area contributed by atoms with E-state index in [9.17, 15) is 13.2 Å². The van der Waals surface area contributed by atoms with E-state index in [1.807, 2.05) is 22.4 Å². The van der Waals surface area contributed by atoms with Gasteiger partial charge in [0, 0.05) is 44.9 Å². The maximum absolute atomic E-state index is 14.0. The van der Waals surface area contributed by atoms with E-state index in [1.54, 1.807) is 18.2 Å². The molecule has 1 aromatic carbocycles. The highest BCUT2D eigenvalue weighted by Gasteiger charge is 2.33. The van der Waals surface area contributed by atoms with Gasteiger partial charge in [0.15, 0.2) is 5.65 Å². The Morgan fingerprint density at radius 1 is 1.03 bits per heavy atom. The molecule has 0 unspecified atom stereocenters. The number of hydrogen-bond donors (Lipinski definition) is 2. The highest BCUT2D eigenvalue weighted by Crippen LogP contribution is 2.35. The van der Waals surface area contributed by atoms with Gasteiger partial charge in [-0.25, -0.2) is 18.8 Å². The zero-order valence-electron chi connectivity index (χ0n) is 22.6. The molecule has 3 fully saturated rings. The molecule has 12 heteroatoms. The van der Waals surface area contributed by atoms with E-state index >= 15 is 0 Å². The zero-order chi connectivity index (χ0) is 27.1. The number of anilines is 3. The average Bonchev–Trinajstić information content (AvgIpc) is 3.32. The number of amides is 1. The molecule has 2 aromatic heterocycles. The van der Waals surface area contributed by atoms with Crippen molar-refractivity contribution in [3.8, 4) is 0 Å². The van der Waals surface area contributed by atoms with Crippen LogP contribution in [-0.2, 0) is 10.0 Å². The van der Waals surface area contributed by atoms with Crippen LogP contribution in [0.2, 0.25) is 0 Å².